The molecule has 1 heterocycles. The fourth-order valence-corrected chi connectivity index (χ4v) is 2.74. The van der Waals surface area contributed by atoms with Gasteiger partial charge < -0.3 is 0 Å². The van der Waals surface area contributed by atoms with Gasteiger partial charge >= 0.3 is 0 Å². The van der Waals surface area contributed by atoms with E-state index in [0.29, 0.717) is 27.2 Å². The number of aryl methyl sites for hydroxylation is 2. The lowest BCUT2D eigenvalue weighted by Crippen LogP contribution is -2.10. The number of carbonyl (C=O) groups excluding carboxylic acids is 1. The molecular weight excluding hydrogens is 331 g/mol. The summed E-state index contributed by atoms with van der Waals surface area (Å²) >= 11 is 18.1. The van der Waals surface area contributed by atoms with Gasteiger partial charge in [0.25, 0.3) is 0 Å². The topological polar surface area (TPSA) is 34.9 Å². The summed E-state index contributed by atoms with van der Waals surface area (Å²) in [7, 11) is 0. The minimum atomic E-state index is -0.0623. The predicted molar refractivity (Wildman–Crippen MR) is 86.8 cm³/mol. The quantitative estimate of drug-likeness (QED) is 0.726. The Morgan fingerprint density at radius 2 is 1.90 bits per heavy atom. The highest BCUT2D eigenvalue weighted by atomic mass is 35.5. The van der Waals surface area contributed by atoms with E-state index in [1.807, 2.05) is 13.8 Å². The molecule has 0 N–H and O–H groups in total. The van der Waals surface area contributed by atoms with E-state index >= 15 is 0 Å². The van der Waals surface area contributed by atoms with Gasteiger partial charge in [0.1, 0.15) is 0 Å². The third-order valence-electron chi connectivity index (χ3n) is 3.26. The maximum Gasteiger partial charge on any atom is 0.168 e. The fourth-order valence-electron chi connectivity index (χ4n) is 2.11. The molecule has 3 nitrogen and oxygen atoms in total. The van der Waals surface area contributed by atoms with Crippen LogP contribution in [0.1, 0.15) is 35.6 Å². The number of carbonyl (C=O) groups is 1. The lowest BCUT2D eigenvalue weighted by atomic mass is 10.1. The largest absolute Gasteiger partial charge is 0.294 e. The lowest BCUT2D eigenvalue weighted by molar-refractivity contribution is 0.0990. The summed E-state index contributed by atoms with van der Waals surface area (Å²) in [6, 6.07) is 4.86. The van der Waals surface area contributed by atoms with Crippen LogP contribution in [0.25, 0.3) is 0 Å². The summed E-state index contributed by atoms with van der Waals surface area (Å²) in [6.07, 6.45) is 0.928. The molecule has 0 bridgehead atoms. The lowest BCUT2D eigenvalue weighted by Gasteiger charge is -2.06. The Hall–Kier alpha value is -1.03. The first-order valence-electron chi connectivity index (χ1n) is 6.70. The predicted octanol–water partition coefficient (Wildman–Crippen LogP) is 4.85. The van der Waals surface area contributed by atoms with Crippen molar-refractivity contribution >= 4 is 40.6 Å². The Bertz CT molecular complexity index is 680. The van der Waals surface area contributed by atoms with Crippen molar-refractivity contribution in [1.82, 2.24) is 9.78 Å². The van der Waals surface area contributed by atoms with E-state index in [-0.39, 0.29) is 12.2 Å². The van der Waals surface area contributed by atoms with E-state index in [1.165, 1.54) is 0 Å². The number of aromatic nitrogens is 2. The Morgan fingerprint density at radius 1 is 1.19 bits per heavy atom. The van der Waals surface area contributed by atoms with Gasteiger partial charge in [0.05, 0.1) is 32.9 Å². The highest BCUT2D eigenvalue weighted by Crippen LogP contribution is 2.26. The fraction of sp³-hybridized carbons (Fsp3) is 0.333. The van der Waals surface area contributed by atoms with Crippen LogP contribution < -0.4 is 0 Å². The third-order valence-corrected chi connectivity index (χ3v) is 4.44. The molecule has 0 aliphatic rings. The van der Waals surface area contributed by atoms with Gasteiger partial charge in [-0.25, -0.2) is 0 Å². The van der Waals surface area contributed by atoms with Crippen LogP contribution in [0.4, 0.5) is 0 Å². The molecule has 1 aromatic heterocycles. The second-order valence-corrected chi connectivity index (χ2v) is 5.80. The summed E-state index contributed by atoms with van der Waals surface area (Å²) in [5, 5.41) is 5.78. The van der Waals surface area contributed by atoms with Gasteiger partial charge in [-0.1, -0.05) is 41.7 Å². The van der Waals surface area contributed by atoms with Crippen molar-refractivity contribution in [3.05, 3.63) is 50.2 Å². The van der Waals surface area contributed by atoms with Gasteiger partial charge in [0.15, 0.2) is 5.78 Å². The first-order valence-corrected chi connectivity index (χ1v) is 7.83. The highest BCUT2D eigenvalue weighted by Gasteiger charge is 2.18. The molecule has 0 unspecified atom stereocenters. The van der Waals surface area contributed by atoms with Gasteiger partial charge in [-0.05, 0) is 31.5 Å². The molecule has 21 heavy (non-hydrogen) atoms. The maximum atomic E-state index is 12.4. The second kappa shape index (κ2) is 6.82. The molecule has 0 fully saturated rings. The van der Waals surface area contributed by atoms with Crippen molar-refractivity contribution in [2.45, 2.75) is 33.2 Å². The molecular formula is C15H15Cl3N2O. The number of hydrogen-bond acceptors (Lipinski definition) is 2. The Kier molecular flexibility index (Phi) is 5.31. The van der Waals surface area contributed by atoms with Crippen molar-refractivity contribution in [3.63, 3.8) is 0 Å². The average Bonchev–Trinajstić information content (AvgIpc) is 2.78. The normalized spacial score (nSPS) is 10.9. The maximum absolute atomic E-state index is 12.4. The molecule has 0 amide bonds. The van der Waals surface area contributed by atoms with Crippen LogP contribution in [0.3, 0.4) is 0 Å². The molecule has 0 saturated heterocycles. The van der Waals surface area contributed by atoms with Gasteiger partial charge in [0, 0.05) is 12.1 Å². The number of ketones is 1. The van der Waals surface area contributed by atoms with Crippen molar-refractivity contribution in [2.75, 3.05) is 0 Å². The zero-order chi connectivity index (χ0) is 15.6. The summed E-state index contributed by atoms with van der Waals surface area (Å²) in [5.41, 5.74) is 2.07. The molecule has 0 aliphatic heterocycles. The Balaban J connectivity index is 2.31. The van der Waals surface area contributed by atoms with Gasteiger partial charge in [-0.3, -0.25) is 9.48 Å². The van der Waals surface area contributed by atoms with E-state index < -0.39 is 0 Å². The molecule has 0 spiro atoms. The number of Topliss-reactive ketones (excluding diaryl/α,β-unsaturated/α-hetero) is 1. The highest BCUT2D eigenvalue weighted by molar-refractivity contribution is 6.42. The third kappa shape index (κ3) is 3.42. The Labute approximate surface area is 138 Å². The summed E-state index contributed by atoms with van der Waals surface area (Å²) in [6.45, 7) is 4.62. The van der Waals surface area contributed by atoms with E-state index in [0.717, 1.165) is 17.8 Å². The second-order valence-electron chi connectivity index (χ2n) is 4.61. The van der Waals surface area contributed by atoms with E-state index in [2.05, 4.69) is 5.10 Å². The number of halogens is 3. The van der Waals surface area contributed by atoms with Crippen LogP contribution in [-0.4, -0.2) is 15.6 Å². The van der Waals surface area contributed by atoms with Crippen molar-refractivity contribution in [3.8, 4) is 0 Å². The molecule has 0 radical (unpaired) electrons. The molecule has 112 valence electrons. The van der Waals surface area contributed by atoms with Crippen LogP contribution in [0.5, 0.6) is 0 Å². The monoisotopic (exact) mass is 344 g/mol. The molecule has 6 heteroatoms. The van der Waals surface area contributed by atoms with Crippen LogP contribution in [0, 0.1) is 0 Å². The SMILES string of the molecule is CCc1nn(CC)c(CC(=O)c2ccc(Cl)c(Cl)c2)c1Cl. The van der Waals surface area contributed by atoms with Crippen LogP contribution in [0.2, 0.25) is 15.1 Å². The minimum absolute atomic E-state index is 0.0623. The van der Waals surface area contributed by atoms with E-state index in [9.17, 15) is 4.79 Å². The molecule has 0 saturated carbocycles. The molecule has 2 aromatic rings. The first kappa shape index (κ1) is 16.3. The van der Waals surface area contributed by atoms with Crippen LogP contribution >= 0.6 is 34.8 Å². The van der Waals surface area contributed by atoms with Gasteiger partial charge in [0.2, 0.25) is 0 Å². The smallest absolute Gasteiger partial charge is 0.168 e. The number of hydrogen-bond donors (Lipinski definition) is 0. The zero-order valence-electron chi connectivity index (χ0n) is 11.8. The standard InChI is InChI=1S/C15H15Cl3N2O/c1-3-12-15(18)13(20(4-2)19-12)8-14(21)9-5-6-10(16)11(17)7-9/h5-7H,3-4,8H2,1-2H3. The number of rotatable bonds is 5. The summed E-state index contributed by atoms with van der Waals surface area (Å²) in [5.74, 6) is -0.0623. The minimum Gasteiger partial charge on any atom is -0.294 e. The van der Waals surface area contributed by atoms with Gasteiger partial charge in [-0.2, -0.15) is 5.10 Å². The number of nitrogens with zero attached hydrogens (tertiary/aromatic N) is 2. The average molecular weight is 346 g/mol. The van der Waals surface area contributed by atoms with Crippen molar-refractivity contribution in [1.29, 1.82) is 0 Å². The van der Waals surface area contributed by atoms with Crippen LogP contribution in [0.15, 0.2) is 18.2 Å². The zero-order valence-corrected chi connectivity index (χ0v) is 14.1. The van der Waals surface area contributed by atoms with E-state index in [1.54, 1.807) is 22.9 Å². The molecule has 2 rings (SSSR count). The van der Waals surface area contributed by atoms with Crippen LogP contribution in [-0.2, 0) is 19.4 Å². The first-order chi connectivity index (χ1) is 9.97. The number of benzene rings is 1. The summed E-state index contributed by atoms with van der Waals surface area (Å²) < 4.78 is 1.77. The van der Waals surface area contributed by atoms with Crippen molar-refractivity contribution in [2.24, 2.45) is 0 Å². The summed E-state index contributed by atoms with van der Waals surface area (Å²) in [4.78, 5) is 12.4. The van der Waals surface area contributed by atoms with E-state index in [4.69, 9.17) is 34.8 Å². The molecule has 1 aromatic carbocycles. The van der Waals surface area contributed by atoms with Crippen molar-refractivity contribution < 1.29 is 4.79 Å². The molecule has 0 aliphatic carbocycles. The molecule has 0 atom stereocenters. The van der Waals surface area contributed by atoms with Gasteiger partial charge in [-0.15, -0.1) is 0 Å². The Morgan fingerprint density at radius 3 is 2.48 bits per heavy atom.